The summed E-state index contributed by atoms with van der Waals surface area (Å²) >= 11 is 0. The van der Waals surface area contributed by atoms with Gasteiger partial charge in [0.25, 0.3) is 0 Å². The Bertz CT molecular complexity index is 385. The van der Waals surface area contributed by atoms with Crippen molar-refractivity contribution in [3.8, 4) is 0 Å². The molecule has 4 heteroatoms. The number of imidazole rings is 1. The van der Waals surface area contributed by atoms with Crippen LogP contribution in [0.4, 0.5) is 0 Å². The fourth-order valence-corrected chi connectivity index (χ4v) is 2.39. The van der Waals surface area contributed by atoms with Crippen LogP contribution in [0.5, 0.6) is 0 Å². The van der Waals surface area contributed by atoms with E-state index >= 15 is 0 Å². The summed E-state index contributed by atoms with van der Waals surface area (Å²) in [6, 6.07) is 0.539. The highest BCUT2D eigenvalue weighted by Crippen LogP contribution is 2.14. The van der Waals surface area contributed by atoms with Crippen LogP contribution in [-0.2, 0) is 12.8 Å². The van der Waals surface area contributed by atoms with Gasteiger partial charge < -0.3 is 15.3 Å². The van der Waals surface area contributed by atoms with Gasteiger partial charge in [-0.05, 0) is 31.7 Å². The van der Waals surface area contributed by atoms with Crippen LogP contribution >= 0.6 is 0 Å². The number of rotatable bonds is 4. The van der Waals surface area contributed by atoms with Crippen LogP contribution in [0.25, 0.3) is 0 Å². The molecule has 2 heterocycles. The van der Waals surface area contributed by atoms with E-state index in [0.717, 1.165) is 30.8 Å². The smallest absolute Gasteiger partial charge is 0.314 e. The number of H-pyrrole nitrogens is 2. The van der Waals surface area contributed by atoms with Crippen LogP contribution in [0.3, 0.4) is 0 Å². The maximum Gasteiger partial charge on any atom is 0.323 e. The Hall–Kier alpha value is -1.03. The number of aromatic nitrogens is 2. The maximum atomic E-state index is 11.3. The average Bonchev–Trinajstić information content (AvgIpc) is 2.77. The average molecular weight is 223 g/mol. The summed E-state index contributed by atoms with van der Waals surface area (Å²) in [5.74, 6) is 0.571. The molecule has 0 amide bonds. The van der Waals surface area contributed by atoms with Crippen molar-refractivity contribution < 1.29 is 0 Å². The summed E-state index contributed by atoms with van der Waals surface area (Å²) < 4.78 is 0. The molecule has 0 radical (unpaired) electrons. The van der Waals surface area contributed by atoms with Crippen molar-refractivity contribution in [2.45, 2.75) is 45.6 Å². The van der Waals surface area contributed by atoms with E-state index in [1.807, 2.05) is 0 Å². The van der Waals surface area contributed by atoms with E-state index in [2.05, 4.69) is 29.1 Å². The monoisotopic (exact) mass is 223 g/mol. The first kappa shape index (κ1) is 11.5. The number of hydrogen-bond donors (Lipinski definition) is 3. The molecule has 16 heavy (non-hydrogen) atoms. The normalized spacial score (nSPS) is 20.8. The molecule has 0 bridgehead atoms. The zero-order valence-electron chi connectivity index (χ0n) is 10.1. The Morgan fingerprint density at radius 2 is 2.06 bits per heavy atom. The highest BCUT2D eigenvalue weighted by Gasteiger charge is 2.18. The molecule has 0 aliphatic carbocycles. The Balaban J connectivity index is 2.09. The van der Waals surface area contributed by atoms with Crippen molar-refractivity contribution in [2.24, 2.45) is 5.92 Å². The van der Waals surface area contributed by atoms with Crippen LogP contribution in [0, 0.1) is 5.92 Å². The largest absolute Gasteiger partial charge is 0.323 e. The number of aromatic amines is 2. The van der Waals surface area contributed by atoms with Crippen LogP contribution in [0.1, 0.15) is 38.1 Å². The predicted molar refractivity (Wildman–Crippen MR) is 64.7 cm³/mol. The second kappa shape index (κ2) is 4.87. The van der Waals surface area contributed by atoms with Gasteiger partial charge in [0.2, 0.25) is 0 Å². The van der Waals surface area contributed by atoms with Gasteiger partial charge in [-0.3, -0.25) is 0 Å². The van der Waals surface area contributed by atoms with Crippen LogP contribution < -0.4 is 11.0 Å². The molecule has 0 aromatic carbocycles. The van der Waals surface area contributed by atoms with Gasteiger partial charge in [0.1, 0.15) is 0 Å². The second-order valence-electron chi connectivity index (χ2n) is 5.13. The quantitative estimate of drug-likeness (QED) is 0.718. The zero-order chi connectivity index (χ0) is 11.5. The molecule has 0 spiro atoms. The highest BCUT2D eigenvalue weighted by molar-refractivity contribution is 5.13. The first-order valence-corrected chi connectivity index (χ1v) is 6.18. The van der Waals surface area contributed by atoms with E-state index in [0.29, 0.717) is 12.0 Å². The Labute approximate surface area is 95.9 Å². The SMILES string of the molecule is CC(C)Cc1[nH]c(=O)[nH]c1CC1CCCN1. The molecule has 1 aromatic heterocycles. The highest BCUT2D eigenvalue weighted by atomic mass is 16.1. The lowest BCUT2D eigenvalue weighted by Crippen LogP contribution is -2.24. The molecule has 3 N–H and O–H groups in total. The topological polar surface area (TPSA) is 60.7 Å². The summed E-state index contributed by atoms with van der Waals surface area (Å²) in [6.07, 6.45) is 4.36. The lowest BCUT2D eigenvalue weighted by molar-refractivity contribution is 0.582. The standard InChI is InChI=1S/C12H21N3O/c1-8(2)6-10-11(15-12(16)14-10)7-9-4-3-5-13-9/h8-9,13H,3-7H2,1-2H3,(H2,14,15,16). The molecule has 90 valence electrons. The lowest BCUT2D eigenvalue weighted by Gasteiger charge is -2.11. The van der Waals surface area contributed by atoms with Gasteiger partial charge in [-0.1, -0.05) is 13.8 Å². The van der Waals surface area contributed by atoms with Gasteiger partial charge in [-0.15, -0.1) is 0 Å². The summed E-state index contributed by atoms with van der Waals surface area (Å²) in [5, 5.41) is 3.46. The minimum absolute atomic E-state index is 0.0661. The fraction of sp³-hybridized carbons (Fsp3) is 0.750. The van der Waals surface area contributed by atoms with Crippen LogP contribution in [-0.4, -0.2) is 22.6 Å². The molecule has 1 saturated heterocycles. The molecule has 1 aliphatic rings. The van der Waals surface area contributed by atoms with Gasteiger partial charge in [-0.25, -0.2) is 4.79 Å². The van der Waals surface area contributed by atoms with Crippen molar-refractivity contribution in [3.63, 3.8) is 0 Å². The van der Waals surface area contributed by atoms with Crippen LogP contribution in [0.2, 0.25) is 0 Å². The van der Waals surface area contributed by atoms with E-state index in [9.17, 15) is 4.79 Å². The summed E-state index contributed by atoms with van der Waals surface area (Å²) in [5.41, 5.74) is 2.12. The lowest BCUT2D eigenvalue weighted by atomic mass is 10.0. The van der Waals surface area contributed by atoms with Crippen molar-refractivity contribution in [1.82, 2.24) is 15.3 Å². The minimum Gasteiger partial charge on any atom is -0.314 e. The third-order valence-corrected chi connectivity index (χ3v) is 3.12. The van der Waals surface area contributed by atoms with Gasteiger partial charge in [0.05, 0.1) is 0 Å². The van der Waals surface area contributed by atoms with Gasteiger partial charge in [-0.2, -0.15) is 0 Å². The molecular weight excluding hydrogens is 202 g/mol. The van der Waals surface area contributed by atoms with Gasteiger partial charge >= 0.3 is 5.69 Å². The predicted octanol–water partition coefficient (Wildman–Crippen LogP) is 1.20. The Kier molecular flexibility index (Phi) is 3.49. The van der Waals surface area contributed by atoms with E-state index < -0.39 is 0 Å². The molecule has 0 saturated carbocycles. The Morgan fingerprint density at radius 3 is 2.69 bits per heavy atom. The van der Waals surface area contributed by atoms with E-state index in [1.54, 1.807) is 0 Å². The van der Waals surface area contributed by atoms with Crippen LogP contribution in [0.15, 0.2) is 4.79 Å². The summed E-state index contributed by atoms with van der Waals surface area (Å²) in [6.45, 7) is 5.45. The molecular formula is C12H21N3O. The Morgan fingerprint density at radius 1 is 1.31 bits per heavy atom. The number of hydrogen-bond acceptors (Lipinski definition) is 2. The number of nitrogens with one attached hydrogen (secondary N) is 3. The van der Waals surface area contributed by atoms with Gasteiger partial charge in [0, 0.05) is 23.9 Å². The fourth-order valence-electron chi connectivity index (χ4n) is 2.39. The first-order chi connectivity index (χ1) is 7.65. The zero-order valence-corrected chi connectivity index (χ0v) is 10.1. The van der Waals surface area contributed by atoms with Gasteiger partial charge in [0.15, 0.2) is 0 Å². The molecule has 1 unspecified atom stereocenters. The molecule has 2 rings (SSSR count). The molecule has 1 atom stereocenters. The van der Waals surface area contributed by atoms with E-state index in [4.69, 9.17) is 0 Å². The second-order valence-corrected chi connectivity index (χ2v) is 5.13. The third-order valence-electron chi connectivity index (χ3n) is 3.12. The molecule has 1 fully saturated rings. The van der Waals surface area contributed by atoms with E-state index in [1.165, 1.54) is 12.8 Å². The van der Waals surface area contributed by atoms with Crippen molar-refractivity contribution in [2.75, 3.05) is 6.54 Å². The maximum absolute atomic E-state index is 11.3. The van der Waals surface area contributed by atoms with E-state index in [-0.39, 0.29) is 5.69 Å². The minimum atomic E-state index is -0.0661. The first-order valence-electron chi connectivity index (χ1n) is 6.18. The molecule has 1 aliphatic heterocycles. The third kappa shape index (κ3) is 2.76. The molecule has 1 aromatic rings. The van der Waals surface area contributed by atoms with Crippen molar-refractivity contribution in [3.05, 3.63) is 21.9 Å². The molecule has 4 nitrogen and oxygen atoms in total. The van der Waals surface area contributed by atoms with Crippen molar-refractivity contribution >= 4 is 0 Å². The summed E-state index contributed by atoms with van der Waals surface area (Å²) in [4.78, 5) is 17.2. The summed E-state index contributed by atoms with van der Waals surface area (Å²) in [7, 11) is 0. The van der Waals surface area contributed by atoms with Crippen molar-refractivity contribution in [1.29, 1.82) is 0 Å².